The molecule has 5 heterocycles. The van der Waals surface area contributed by atoms with Gasteiger partial charge in [-0.15, -0.1) is 0 Å². The van der Waals surface area contributed by atoms with Gasteiger partial charge in [0, 0.05) is 42.7 Å². The molecule has 0 saturated carbocycles. The standard InChI is InChI=1S/C19H23FN4O/c1-12-18(13-6-9-24(12)10-7-13)22-19(25)16-4-3-15(23(16)2)14-5-8-21-17(20)11-14/h3-5,8,11-13,18H,6-7,9-10H2,1-2H3,(H,22,25)/t12-,18+/m1/s1. The Hall–Kier alpha value is -2.21. The first kappa shape index (κ1) is 16.3. The second-order valence-electron chi connectivity index (χ2n) is 7.14. The van der Waals surface area contributed by atoms with Gasteiger partial charge in [-0.3, -0.25) is 9.69 Å². The summed E-state index contributed by atoms with van der Waals surface area (Å²) in [6, 6.07) is 7.36. The first-order valence-corrected chi connectivity index (χ1v) is 8.87. The van der Waals surface area contributed by atoms with Gasteiger partial charge in [-0.1, -0.05) is 0 Å². The minimum absolute atomic E-state index is 0.0612. The molecule has 5 nitrogen and oxygen atoms in total. The topological polar surface area (TPSA) is 50.2 Å². The minimum atomic E-state index is -0.522. The third-order valence-electron chi connectivity index (χ3n) is 5.85. The van der Waals surface area contributed by atoms with Crippen LogP contribution in [-0.2, 0) is 7.05 Å². The van der Waals surface area contributed by atoms with E-state index in [0.29, 0.717) is 23.2 Å². The number of carbonyl (C=O) groups is 1. The second kappa shape index (κ2) is 6.26. The lowest BCUT2D eigenvalue weighted by molar-refractivity contribution is 0.0215. The Balaban J connectivity index is 1.55. The van der Waals surface area contributed by atoms with E-state index in [1.54, 1.807) is 12.1 Å². The summed E-state index contributed by atoms with van der Waals surface area (Å²) >= 11 is 0. The van der Waals surface area contributed by atoms with Crippen LogP contribution in [0.4, 0.5) is 4.39 Å². The first-order chi connectivity index (χ1) is 12.0. The van der Waals surface area contributed by atoms with Gasteiger partial charge in [-0.25, -0.2) is 4.98 Å². The summed E-state index contributed by atoms with van der Waals surface area (Å²) in [6.07, 6.45) is 3.75. The average Bonchev–Trinajstić information content (AvgIpc) is 3.00. The third-order valence-corrected chi connectivity index (χ3v) is 5.85. The van der Waals surface area contributed by atoms with Crippen molar-refractivity contribution in [1.29, 1.82) is 0 Å². The highest BCUT2D eigenvalue weighted by Gasteiger charge is 2.40. The Labute approximate surface area is 146 Å². The van der Waals surface area contributed by atoms with E-state index in [2.05, 4.69) is 22.1 Å². The molecule has 0 radical (unpaired) electrons. The second-order valence-corrected chi connectivity index (χ2v) is 7.14. The van der Waals surface area contributed by atoms with Gasteiger partial charge in [-0.05, 0) is 57.0 Å². The molecule has 3 aliphatic rings. The van der Waals surface area contributed by atoms with Gasteiger partial charge in [0.2, 0.25) is 5.95 Å². The largest absolute Gasteiger partial charge is 0.346 e. The molecule has 2 aromatic heterocycles. The van der Waals surface area contributed by atoms with Crippen molar-refractivity contribution in [2.75, 3.05) is 13.1 Å². The van der Waals surface area contributed by atoms with Crippen LogP contribution in [0.15, 0.2) is 30.5 Å². The van der Waals surface area contributed by atoms with E-state index < -0.39 is 5.95 Å². The fraction of sp³-hybridized carbons (Fsp3) is 0.474. The van der Waals surface area contributed by atoms with E-state index in [1.807, 2.05) is 17.7 Å². The van der Waals surface area contributed by atoms with Gasteiger partial charge >= 0.3 is 0 Å². The highest BCUT2D eigenvalue weighted by atomic mass is 19.1. The zero-order valence-electron chi connectivity index (χ0n) is 14.6. The molecule has 3 aliphatic heterocycles. The SMILES string of the molecule is C[C@@H]1[C@H](NC(=O)c2ccc(-c3ccnc(F)c3)n2C)C2CCN1CC2. The van der Waals surface area contributed by atoms with Crippen LogP contribution in [0.3, 0.4) is 0 Å². The molecule has 25 heavy (non-hydrogen) atoms. The number of piperidine rings is 3. The molecule has 1 amide bonds. The zero-order chi connectivity index (χ0) is 17.6. The normalized spacial score (nSPS) is 28.1. The summed E-state index contributed by atoms with van der Waals surface area (Å²) in [5.74, 6) is -0.0160. The lowest BCUT2D eigenvalue weighted by atomic mass is 9.79. The average molecular weight is 342 g/mol. The molecule has 3 fully saturated rings. The van der Waals surface area contributed by atoms with Gasteiger partial charge in [0.05, 0.1) is 0 Å². The van der Waals surface area contributed by atoms with Crippen LogP contribution < -0.4 is 5.32 Å². The molecule has 2 aromatic rings. The van der Waals surface area contributed by atoms with Crippen molar-refractivity contribution in [3.63, 3.8) is 0 Å². The number of hydrogen-bond donors (Lipinski definition) is 1. The van der Waals surface area contributed by atoms with E-state index in [-0.39, 0.29) is 11.9 Å². The maximum Gasteiger partial charge on any atom is 0.268 e. The molecule has 2 atom stereocenters. The summed E-state index contributed by atoms with van der Waals surface area (Å²) in [5.41, 5.74) is 2.11. The van der Waals surface area contributed by atoms with Crippen LogP contribution in [0.5, 0.6) is 0 Å². The lowest BCUT2D eigenvalue weighted by Gasteiger charge is -2.49. The zero-order valence-corrected chi connectivity index (χ0v) is 14.6. The van der Waals surface area contributed by atoms with E-state index in [1.165, 1.54) is 12.3 Å². The molecule has 0 unspecified atom stereocenters. The quantitative estimate of drug-likeness (QED) is 0.872. The molecule has 0 spiro atoms. The number of aromatic nitrogens is 2. The summed E-state index contributed by atoms with van der Waals surface area (Å²) < 4.78 is 15.2. The van der Waals surface area contributed by atoms with Gasteiger partial charge in [0.15, 0.2) is 0 Å². The molecule has 5 rings (SSSR count). The highest BCUT2D eigenvalue weighted by molar-refractivity contribution is 5.94. The van der Waals surface area contributed by atoms with Crippen LogP contribution in [0.25, 0.3) is 11.3 Å². The smallest absolute Gasteiger partial charge is 0.268 e. The third kappa shape index (κ3) is 2.84. The van der Waals surface area contributed by atoms with Crippen molar-refractivity contribution in [2.24, 2.45) is 13.0 Å². The van der Waals surface area contributed by atoms with Crippen LogP contribution in [0.1, 0.15) is 30.3 Å². The van der Waals surface area contributed by atoms with E-state index in [4.69, 9.17) is 0 Å². The van der Waals surface area contributed by atoms with Crippen molar-refractivity contribution in [3.05, 3.63) is 42.1 Å². The van der Waals surface area contributed by atoms with E-state index in [0.717, 1.165) is 31.6 Å². The van der Waals surface area contributed by atoms with Crippen molar-refractivity contribution in [3.8, 4) is 11.3 Å². The summed E-state index contributed by atoms with van der Waals surface area (Å²) in [4.78, 5) is 18.9. The number of halogens is 1. The number of fused-ring (bicyclic) bond motifs is 3. The number of pyridine rings is 1. The van der Waals surface area contributed by atoms with Crippen LogP contribution in [0, 0.1) is 11.9 Å². The number of nitrogens with one attached hydrogen (secondary N) is 1. The van der Waals surface area contributed by atoms with Crippen LogP contribution >= 0.6 is 0 Å². The maximum absolute atomic E-state index is 13.4. The molecule has 132 valence electrons. The fourth-order valence-corrected chi connectivity index (χ4v) is 4.36. The monoisotopic (exact) mass is 342 g/mol. The molecule has 0 aromatic carbocycles. The predicted molar refractivity (Wildman–Crippen MR) is 93.6 cm³/mol. The first-order valence-electron chi connectivity index (χ1n) is 8.87. The Bertz CT molecular complexity index is 792. The fourth-order valence-electron chi connectivity index (χ4n) is 4.36. The van der Waals surface area contributed by atoms with E-state index in [9.17, 15) is 9.18 Å². The molecule has 3 saturated heterocycles. The van der Waals surface area contributed by atoms with Crippen LogP contribution in [0.2, 0.25) is 0 Å². The molecular formula is C19H23FN4O. The Kier molecular flexibility index (Phi) is 4.07. The molecule has 2 bridgehead atoms. The molecule has 0 aliphatic carbocycles. The summed E-state index contributed by atoms with van der Waals surface area (Å²) in [5, 5.41) is 3.25. The highest BCUT2D eigenvalue weighted by Crippen LogP contribution is 2.32. The Morgan fingerprint density at radius 2 is 2.04 bits per heavy atom. The Morgan fingerprint density at radius 3 is 2.72 bits per heavy atom. The number of rotatable bonds is 3. The number of hydrogen-bond acceptors (Lipinski definition) is 3. The number of carbonyl (C=O) groups excluding carboxylic acids is 1. The minimum Gasteiger partial charge on any atom is -0.346 e. The van der Waals surface area contributed by atoms with Crippen molar-refractivity contribution in [2.45, 2.75) is 31.8 Å². The molecule has 1 N–H and O–H groups in total. The van der Waals surface area contributed by atoms with Crippen molar-refractivity contribution in [1.82, 2.24) is 19.8 Å². The van der Waals surface area contributed by atoms with Gasteiger partial charge in [0.1, 0.15) is 5.69 Å². The summed E-state index contributed by atoms with van der Waals surface area (Å²) in [6.45, 7) is 4.48. The van der Waals surface area contributed by atoms with Gasteiger partial charge < -0.3 is 9.88 Å². The van der Waals surface area contributed by atoms with Crippen molar-refractivity contribution >= 4 is 5.91 Å². The Morgan fingerprint density at radius 1 is 1.28 bits per heavy atom. The van der Waals surface area contributed by atoms with Gasteiger partial charge in [0.25, 0.3) is 5.91 Å². The molecular weight excluding hydrogens is 319 g/mol. The van der Waals surface area contributed by atoms with Gasteiger partial charge in [-0.2, -0.15) is 4.39 Å². The van der Waals surface area contributed by atoms with Crippen molar-refractivity contribution < 1.29 is 9.18 Å². The summed E-state index contributed by atoms with van der Waals surface area (Å²) in [7, 11) is 1.84. The van der Waals surface area contributed by atoms with Crippen LogP contribution in [-0.4, -0.2) is 45.5 Å². The maximum atomic E-state index is 13.4. The molecule has 6 heteroatoms. The predicted octanol–water partition coefficient (Wildman–Crippen LogP) is 2.44. The van der Waals surface area contributed by atoms with E-state index >= 15 is 0 Å². The number of amides is 1. The lowest BCUT2D eigenvalue weighted by Crippen LogP contribution is -2.62. The number of nitrogens with zero attached hydrogens (tertiary/aromatic N) is 3.